The standard InChI is InChI=1S/C19H23NO4/c1-13(2)24-12-15-11-14(5-10-18(15)23-4)19(21)20-16-6-8-17(22-3)9-7-16/h5-11,13H,12H2,1-4H3,(H,20,21). The van der Waals surface area contributed by atoms with Crippen LogP contribution in [-0.2, 0) is 11.3 Å². The largest absolute Gasteiger partial charge is 0.497 e. The van der Waals surface area contributed by atoms with Crippen molar-refractivity contribution >= 4 is 11.6 Å². The van der Waals surface area contributed by atoms with E-state index in [0.717, 1.165) is 11.3 Å². The topological polar surface area (TPSA) is 56.8 Å². The summed E-state index contributed by atoms with van der Waals surface area (Å²) in [7, 11) is 3.21. The molecule has 1 amide bonds. The second-order valence-electron chi connectivity index (χ2n) is 5.57. The number of carbonyl (C=O) groups excluding carboxylic acids is 1. The van der Waals surface area contributed by atoms with Gasteiger partial charge in [-0.3, -0.25) is 4.79 Å². The molecule has 0 aliphatic rings. The highest BCUT2D eigenvalue weighted by Gasteiger charge is 2.11. The number of anilines is 1. The average Bonchev–Trinajstić information content (AvgIpc) is 2.60. The predicted molar refractivity (Wildman–Crippen MR) is 93.9 cm³/mol. The average molecular weight is 329 g/mol. The lowest BCUT2D eigenvalue weighted by Gasteiger charge is -2.13. The molecule has 2 aromatic carbocycles. The highest BCUT2D eigenvalue weighted by molar-refractivity contribution is 6.04. The van der Waals surface area contributed by atoms with E-state index in [2.05, 4.69) is 5.32 Å². The first-order chi connectivity index (χ1) is 11.5. The molecule has 0 bridgehead atoms. The summed E-state index contributed by atoms with van der Waals surface area (Å²) in [6.45, 7) is 4.32. The van der Waals surface area contributed by atoms with Crippen LogP contribution in [0.2, 0.25) is 0 Å². The van der Waals surface area contributed by atoms with Crippen molar-refractivity contribution in [3.63, 3.8) is 0 Å². The first-order valence-electron chi connectivity index (χ1n) is 7.77. The monoisotopic (exact) mass is 329 g/mol. The molecule has 2 aromatic rings. The molecule has 0 unspecified atom stereocenters. The van der Waals surface area contributed by atoms with Crippen LogP contribution in [-0.4, -0.2) is 26.2 Å². The van der Waals surface area contributed by atoms with Gasteiger partial charge in [0.2, 0.25) is 0 Å². The van der Waals surface area contributed by atoms with Crippen molar-refractivity contribution in [2.75, 3.05) is 19.5 Å². The number of rotatable bonds is 7. The van der Waals surface area contributed by atoms with E-state index < -0.39 is 0 Å². The van der Waals surface area contributed by atoms with Gasteiger partial charge in [0.15, 0.2) is 0 Å². The molecule has 24 heavy (non-hydrogen) atoms. The molecule has 0 aliphatic heterocycles. The molecule has 0 aromatic heterocycles. The van der Waals surface area contributed by atoms with Crippen molar-refractivity contribution in [2.45, 2.75) is 26.6 Å². The lowest BCUT2D eigenvalue weighted by Crippen LogP contribution is -2.13. The molecule has 0 radical (unpaired) electrons. The maximum Gasteiger partial charge on any atom is 0.255 e. The Bertz CT molecular complexity index is 680. The van der Waals surface area contributed by atoms with E-state index in [4.69, 9.17) is 14.2 Å². The first kappa shape index (κ1) is 17.8. The normalized spacial score (nSPS) is 10.5. The highest BCUT2D eigenvalue weighted by Crippen LogP contribution is 2.22. The van der Waals surface area contributed by atoms with Crippen LogP contribution in [0.15, 0.2) is 42.5 Å². The van der Waals surface area contributed by atoms with Gasteiger partial charge in [0, 0.05) is 16.8 Å². The van der Waals surface area contributed by atoms with Crippen molar-refractivity contribution in [3.05, 3.63) is 53.6 Å². The molecule has 128 valence electrons. The van der Waals surface area contributed by atoms with Gasteiger partial charge in [-0.05, 0) is 56.3 Å². The Balaban J connectivity index is 2.14. The van der Waals surface area contributed by atoms with Gasteiger partial charge < -0.3 is 19.5 Å². The maximum absolute atomic E-state index is 12.4. The third-order valence-corrected chi connectivity index (χ3v) is 3.46. The molecule has 0 saturated carbocycles. The molecule has 0 heterocycles. The van der Waals surface area contributed by atoms with Crippen LogP contribution in [0.5, 0.6) is 11.5 Å². The molecule has 0 spiro atoms. The number of methoxy groups -OCH3 is 2. The fourth-order valence-electron chi connectivity index (χ4n) is 2.17. The van der Waals surface area contributed by atoms with Gasteiger partial charge in [0.25, 0.3) is 5.91 Å². The van der Waals surface area contributed by atoms with Crippen molar-refractivity contribution in [1.29, 1.82) is 0 Å². The Kier molecular flexibility index (Phi) is 6.21. The lowest BCUT2D eigenvalue weighted by molar-refractivity contribution is 0.0644. The zero-order chi connectivity index (χ0) is 17.5. The van der Waals surface area contributed by atoms with Crippen LogP contribution in [0.1, 0.15) is 29.8 Å². The Hall–Kier alpha value is -2.53. The fourth-order valence-corrected chi connectivity index (χ4v) is 2.17. The van der Waals surface area contributed by atoms with E-state index in [-0.39, 0.29) is 12.0 Å². The summed E-state index contributed by atoms with van der Waals surface area (Å²) >= 11 is 0. The summed E-state index contributed by atoms with van der Waals surface area (Å²) < 4.78 is 16.1. The number of nitrogens with one attached hydrogen (secondary N) is 1. The van der Waals surface area contributed by atoms with Gasteiger partial charge in [0.1, 0.15) is 11.5 Å². The molecule has 0 atom stereocenters. The van der Waals surface area contributed by atoms with E-state index in [1.54, 1.807) is 56.7 Å². The van der Waals surface area contributed by atoms with Crippen LogP contribution in [0.25, 0.3) is 0 Å². The van der Waals surface area contributed by atoms with Crippen LogP contribution >= 0.6 is 0 Å². The number of ether oxygens (including phenoxy) is 3. The second kappa shape index (κ2) is 8.36. The third kappa shape index (κ3) is 4.73. The Morgan fingerprint density at radius 1 is 1.04 bits per heavy atom. The number of hydrogen-bond donors (Lipinski definition) is 1. The van der Waals surface area contributed by atoms with Crippen LogP contribution in [0.3, 0.4) is 0 Å². The van der Waals surface area contributed by atoms with Crippen LogP contribution in [0, 0.1) is 0 Å². The number of carbonyl (C=O) groups is 1. The van der Waals surface area contributed by atoms with Gasteiger partial charge in [-0.25, -0.2) is 0 Å². The molecule has 1 N–H and O–H groups in total. The Morgan fingerprint density at radius 2 is 1.75 bits per heavy atom. The molecule has 5 nitrogen and oxygen atoms in total. The predicted octanol–water partition coefficient (Wildman–Crippen LogP) is 3.88. The van der Waals surface area contributed by atoms with E-state index in [9.17, 15) is 4.79 Å². The van der Waals surface area contributed by atoms with Crippen LogP contribution in [0.4, 0.5) is 5.69 Å². The molecule has 0 saturated heterocycles. The van der Waals surface area contributed by atoms with E-state index >= 15 is 0 Å². The fraction of sp³-hybridized carbons (Fsp3) is 0.316. The molecular weight excluding hydrogens is 306 g/mol. The van der Waals surface area contributed by atoms with Gasteiger partial charge in [-0.15, -0.1) is 0 Å². The van der Waals surface area contributed by atoms with Crippen molar-refractivity contribution < 1.29 is 19.0 Å². The molecule has 2 rings (SSSR count). The summed E-state index contributed by atoms with van der Waals surface area (Å²) in [4.78, 5) is 12.4. The molecular formula is C19H23NO4. The zero-order valence-corrected chi connectivity index (χ0v) is 14.5. The van der Waals surface area contributed by atoms with Crippen molar-refractivity contribution in [3.8, 4) is 11.5 Å². The summed E-state index contributed by atoms with van der Waals surface area (Å²) in [5.41, 5.74) is 2.10. The molecule has 5 heteroatoms. The second-order valence-corrected chi connectivity index (χ2v) is 5.57. The summed E-state index contributed by atoms with van der Waals surface area (Å²) in [5, 5.41) is 2.86. The smallest absolute Gasteiger partial charge is 0.255 e. The van der Waals surface area contributed by atoms with Crippen molar-refractivity contribution in [1.82, 2.24) is 0 Å². The number of amides is 1. The first-order valence-corrected chi connectivity index (χ1v) is 7.77. The van der Waals surface area contributed by atoms with Crippen LogP contribution < -0.4 is 14.8 Å². The van der Waals surface area contributed by atoms with Crippen molar-refractivity contribution in [2.24, 2.45) is 0 Å². The quantitative estimate of drug-likeness (QED) is 0.837. The minimum atomic E-state index is -0.186. The van der Waals surface area contributed by atoms with E-state index in [1.807, 2.05) is 13.8 Å². The summed E-state index contributed by atoms with van der Waals surface area (Å²) in [6, 6.07) is 12.5. The highest BCUT2D eigenvalue weighted by atomic mass is 16.5. The summed E-state index contributed by atoms with van der Waals surface area (Å²) in [6.07, 6.45) is 0.103. The molecule has 0 aliphatic carbocycles. The maximum atomic E-state index is 12.4. The summed E-state index contributed by atoms with van der Waals surface area (Å²) in [5.74, 6) is 1.26. The number of benzene rings is 2. The van der Waals surface area contributed by atoms with Gasteiger partial charge in [0.05, 0.1) is 26.9 Å². The third-order valence-electron chi connectivity index (χ3n) is 3.46. The number of hydrogen-bond acceptors (Lipinski definition) is 4. The minimum Gasteiger partial charge on any atom is -0.497 e. The van der Waals surface area contributed by atoms with Gasteiger partial charge in [-0.2, -0.15) is 0 Å². The lowest BCUT2D eigenvalue weighted by atomic mass is 10.1. The van der Waals surface area contributed by atoms with E-state index in [1.165, 1.54) is 0 Å². The van der Waals surface area contributed by atoms with E-state index in [0.29, 0.717) is 23.6 Å². The Labute approximate surface area is 142 Å². The minimum absolute atomic E-state index is 0.103. The zero-order valence-electron chi connectivity index (χ0n) is 14.5. The van der Waals surface area contributed by atoms with Gasteiger partial charge >= 0.3 is 0 Å². The molecule has 0 fully saturated rings. The Morgan fingerprint density at radius 3 is 2.33 bits per heavy atom. The van der Waals surface area contributed by atoms with Gasteiger partial charge in [-0.1, -0.05) is 0 Å². The SMILES string of the molecule is COc1ccc(NC(=O)c2ccc(OC)c(COC(C)C)c2)cc1.